The van der Waals surface area contributed by atoms with Gasteiger partial charge in [0.05, 0.1) is 0 Å². The molecule has 4 nitrogen and oxygen atoms in total. The third-order valence-corrected chi connectivity index (χ3v) is 4.69. The Balaban J connectivity index is 2.75. The van der Waals surface area contributed by atoms with E-state index >= 15 is 0 Å². The van der Waals surface area contributed by atoms with Gasteiger partial charge in [0.1, 0.15) is 0 Å². The van der Waals surface area contributed by atoms with Crippen LogP contribution in [0.4, 0.5) is 0 Å². The SMILES string of the molecule is CC#CCCN1C(=O)C(C)(C)S1(=O)=O. The van der Waals surface area contributed by atoms with Gasteiger partial charge in [0.2, 0.25) is 0 Å². The van der Waals surface area contributed by atoms with Crippen LogP contribution in [0.25, 0.3) is 0 Å². The molecule has 0 N–H and O–H groups in total. The monoisotopic (exact) mass is 215 g/mol. The lowest BCUT2D eigenvalue weighted by Gasteiger charge is -2.42. The molecule has 5 heteroatoms. The second-order valence-electron chi connectivity index (χ2n) is 3.57. The van der Waals surface area contributed by atoms with Crippen molar-refractivity contribution >= 4 is 15.9 Å². The highest BCUT2D eigenvalue weighted by molar-refractivity contribution is 7.94. The summed E-state index contributed by atoms with van der Waals surface area (Å²) >= 11 is 0. The average molecular weight is 215 g/mol. The lowest BCUT2D eigenvalue weighted by molar-refractivity contribution is -0.132. The van der Waals surface area contributed by atoms with Gasteiger partial charge in [0, 0.05) is 13.0 Å². The summed E-state index contributed by atoms with van der Waals surface area (Å²) in [6.07, 6.45) is 0.400. The smallest absolute Gasteiger partial charge is 0.258 e. The molecule has 1 saturated heterocycles. The quantitative estimate of drug-likeness (QED) is 0.625. The molecule has 0 aromatic carbocycles. The van der Waals surface area contributed by atoms with Crippen LogP contribution >= 0.6 is 0 Å². The lowest BCUT2D eigenvalue weighted by atomic mass is 10.2. The molecular weight excluding hydrogens is 202 g/mol. The largest absolute Gasteiger partial charge is 0.272 e. The first-order chi connectivity index (χ1) is 6.35. The standard InChI is InChI=1S/C9H13NO3S/c1-4-5-6-7-10-8(11)9(2,3)14(10,12)13/h6-7H2,1-3H3. The Bertz CT molecular complexity index is 411. The minimum Gasteiger partial charge on any atom is -0.272 e. The van der Waals surface area contributed by atoms with E-state index in [-0.39, 0.29) is 12.5 Å². The van der Waals surface area contributed by atoms with Crippen LogP contribution in [0, 0.1) is 11.8 Å². The van der Waals surface area contributed by atoms with E-state index in [0.29, 0.717) is 6.42 Å². The van der Waals surface area contributed by atoms with Crippen molar-refractivity contribution in [2.45, 2.75) is 31.9 Å². The van der Waals surface area contributed by atoms with E-state index < -0.39 is 14.8 Å². The number of sulfonamides is 1. The molecule has 1 fully saturated rings. The van der Waals surface area contributed by atoms with E-state index in [9.17, 15) is 13.2 Å². The Labute approximate surface area is 84.3 Å². The molecule has 0 unspecified atom stereocenters. The topological polar surface area (TPSA) is 54.5 Å². The first kappa shape index (κ1) is 11.1. The second-order valence-corrected chi connectivity index (χ2v) is 5.98. The zero-order valence-corrected chi connectivity index (χ0v) is 9.31. The van der Waals surface area contributed by atoms with E-state index in [1.165, 1.54) is 13.8 Å². The summed E-state index contributed by atoms with van der Waals surface area (Å²) in [6.45, 7) is 4.70. The van der Waals surface area contributed by atoms with Crippen molar-refractivity contribution in [3.63, 3.8) is 0 Å². The fourth-order valence-corrected chi connectivity index (χ4v) is 2.79. The van der Waals surface area contributed by atoms with E-state index in [0.717, 1.165) is 4.31 Å². The van der Waals surface area contributed by atoms with Gasteiger partial charge in [0.15, 0.2) is 4.75 Å². The molecule has 14 heavy (non-hydrogen) atoms. The zero-order chi connectivity index (χ0) is 11.0. The highest BCUT2D eigenvalue weighted by Crippen LogP contribution is 2.34. The number of hydrogen-bond acceptors (Lipinski definition) is 3. The van der Waals surface area contributed by atoms with Gasteiger partial charge in [-0.05, 0) is 20.8 Å². The van der Waals surface area contributed by atoms with Crippen molar-refractivity contribution in [1.82, 2.24) is 4.31 Å². The van der Waals surface area contributed by atoms with E-state index in [2.05, 4.69) is 11.8 Å². The van der Waals surface area contributed by atoms with Crippen LogP contribution < -0.4 is 0 Å². The van der Waals surface area contributed by atoms with E-state index in [1.807, 2.05) is 0 Å². The molecular formula is C9H13NO3S. The third-order valence-electron chi connectivity index (χ3n) is 2.29. The van der Waals surface area contributed by atoms with Crippen molar-refractivity contribution in [1.29, 1.82) is 0 Å². The number of hydrogen-bond donors (Lipinski definition) is 0. The molecule has 1 aliphatic heterocycles. The highest BCUT2D eigenvalue weighted by atomic mass is 32.2. The van der Waals surface area contributed by atoms with Crippen LogP contribution in [0.2, 0.25) is 0 Å². The Morgan fingerprint density at radius 3 is 2.43 bits per heavy atom. The molecule has 0 bridgehead atoms. The van der Waals surface area contributed by atoms with Crippen LogP contribution in [0.15, 0.2) is 0 Å². The average Bonchev–Trinajstić information content (AvgIpc) is 2.11. The van der Waals surface area contributed by atoms with Gasteiger partial charge in [-0.25, -0.2) is 12.7 Å². The summed E-state index contributed by atoms with van der Waals surface area (Å²) in [5, 5.41) is 0. The van der Waals surface area contributed by atoms with Crippen molar-refractivity contribution in [3.8, 4) is 11.8 Å². The Hall–Kier alpha value is -1.02. The van der Waals surface area contributed by atoms with Crippen molar-refractivity contribution in [2.75, 3.05) is 6.54 Å². The van der Waals surface area contributed by atoms with Crippen molar-refractivity contribution in [2.24, 2.45) is 0 Å². The zero-order valence-electron chi connectivity index (χ0n) is 8.49. The van der Waals surface area contributed by atoms with Crippen LogP contribution in [0.5, 0.6) is 0 Å². The van der Waals surface area contributed by atoms with Gasteiger partial charge in [0.25, 0.3) is 15.9 Å². The van der Waals surface area contributed by atoms with Gasteiger partial charge < -0.3 is 0 Å². The maximum absolute atomic E-state index is 11.5. The summed E-state index contributed by atoms with van der Waals surface area (Å²) in [5.41, 5.74) is 0. The summed E-state index contributed by atoms with van der Waals surface area (Å²) in [7, 11) is -3.41. The fraction of sp³-hybridized carbons (Fsp3) is 0.667. The number of amides is 1. The summed E-state index contributed by atoms with van der Waals surface area (Å²) < 4.78 is 22.7. The van der Waals surface area contributed by atoms with Gasteiger partial charge in [-0.1, -0.05) is 0 Å². The van der Waals surface area contributed by atoms with Gasteiger partial charge >= 0.3 is 0 Å². The van der Waals surface area contributed by atoms with Gasteiger partial charge in [-0.15, -0.1) is 11.8 Å². The molecule has 1 rings (SSSR count). The summed E-state index contributed by atoms with van der Waals surface area (Å²) in [4.78, 5) is 11.4. The Morgan fingerprint density at radius 1 is 1.43 bits per heavy atom. The van der Waals surface area contributed by atoms with Crippen LogP contribution in [-0.2, 0) is 14.8 Å². The Morgan fingerprint density at radius 2 is 2.00 bits per heavy atom. The van der Waals surface area contributed by atoms with Crippen molar-refractivity contribution < 1.29 is 13.2 Å². The molecule has 0 radical (unpaired) electrons. The minimum absolute atomic E-state index is 0.172. The molecule has 0 aromatic heterocycles. The second kappa shape index (κ2) is 3.28. The van der Waals surface area contributed by atoms with Gasteiger partial charge in [-0.2, -0.15) is 0 Å². The highest BCUT2D eigenvalue weighted by Gasteiger charge is 2.59. The molecule has 78 valence electrons. The van der Waals surface area contributed by atoms with Crippen LogP contribution in [-0.4, -0.2) is 29.9 Å². The normalized spacial score (nSPS) is 22.2. The van der Waals surface area contributed by atoms with Crippen LogP contribution in [0.3, 0.4) is 0 Å². The third kappa shape index (κ3) is 1.30. The molecule has 0 aromatic rings. The molecule has 0 atom stereocenters. The molecule has 0 aliphatic carbocycles. The number of carbonyl (C=O) groups is 1. The minimum atomic E-state index is -3.41. The molecule has 1 amide bonds. The van der Waals surface area contributed by atoms with Gasteiger partial charge in [-0.3, -0.25) is 4.79 Å². The first-order valence-corrected chi connectivity index (χ1v) is 5.76. The maximum Gasteiger partial charge on any atom is 0.258 e. The molecule has 1 aliphatic rings. The van der Waals surface area contributed by atoms with Crippen molar-refractivity contribution in [3.05, 3.63) is 0 Å². The number of rotatable bonds is 2. The van der Waals surface area contributed by atoms with Crippen LogP contribution in [0.1, 0.15) is 27.2 Å². The first-order valence-electron chi connectivity index (χ1n) is 4.32. The summed E-state index contributed by atoms with van der Waals surface area (Å²) in [6, 6.07) is 0. The summed E-state index contributed by atoms with van der Waals surface area (Å²) in [5.74, 6) is 5.04. The predicted molar refractivity (Wildman–Crippen MR) is 52.8 cm³/mol. The molecule has 0 spiro atoms. The van der Waals surface area contributed by atoms with E-state index in [4.69, 9.17) is 0 Å². The molecule has 1 heterocycles. The number of nitrogens with zero attached hydrogens (tertiary/aromatic N) is 1. The fourth-order valence-electron chi connectivity index (χ4n) is 1.26. The Kier molecular flexibility index (Phi) is 2.59. The number of carbonyl (C=O) groups excluding carboxylic acids is 1. The molecule has 0 saturated carbocycles. The maximum atomic E-state index is 11.5. The predicted octanol–water partition coefficient (Wildman–Crippen LogP) is 0.350. The lowest BCUT2D eigenvalue weighted by Crippen LogP contribution is -2.67. The van der Waals surface area contributed by atoms with E-state index in [1.54, 1.807) is 6.92 Å².